The van der Waals surface area contributed by atoms with Gasteiger partial charge in [-0.15, -0.1) is 0 Å². The van der Waals surface area contributed by atoms with Gasteiger partial charge in [-0.1, -0.05) is 30.4 Å². The zero-order valence-corrected chi connectivity index (χ0v) is 21.0. The summed E-state index contributed by atoms with van der Waals surface area (Å²) >= 11 is 6.33. The van der Waals surface area contributed by atoms with E-state index in [0.717, 1.165) is 24.9 Å². The molecule has 1 saturated heterocycles. The topological polar surface area (TPSA) is 80.1 Å². The number of hydrogen-bond donors (Lipinski definition) is 1. The Labute approximate surface area is 214 Å². The molecule has 4 rings (SSSR count). The van der Waals surface area contributed by atoms with Crippen LogP contribution in [0, 0.1) is 30.5 Å². The standard InChI is InChI=1S/C27H27ClFN5O2/c1-3-24(35)33-12-4-5-21(16-33)17-34-25(23(28)15-31-34)27(36)32-26-18(2)13-20(14-30-26)7-6-19-8-10-22(29)11-9-19/h8-11,13-15,21H,3-5,12,16-17H2,1-2H3,(H,30,32,36). The highest BCUT2D eigenvalue weighted by molar-refractivity contribution is 6.34. The second-order valence-corrected chi connectivity index (χ2v) is 9.23. The average Bonchev–Trinajstić information content (AvgIpc) is 3.24. The molecule has 186 valence electrons. The van der Waals surface area contributed by atoms with E-state index in [4.69, 9.17) is 11.6 Å². The van der Waals surface area contributed by atoms with Gasteiger partial charge in [0.1, 0.15) is 17.3 Å². The van der Waals surface area contributed by atoms with Crippen LogP contribution < -0.4 is 5.32 Å². The molecule has 1 atom stereocenters. The third-order valence-corrected chi connectivity index (χ3v) is 6.40. The number of piperidine rings is 1. The van der Waals surface area contributed by atoms with Crippen LogP contribution in [-0.4, -0.2) is 44.6 Å². The first-order valence-electron chi connectivity index (χ1n) is 11.9. The number of carbonyl (C=O) groups is 2. The molecule has 2 amide bonds. The van der Waals surface area contributed by atoms with Crippen LogP contribution in [-0.2, 0) is 11.3 Å². The summed E-state index contributed by atoms with van der Waals surface area (Å²) in [6, 6.07) is 7.75. The van der Waals surface area contributed by atoms with Crippen molar-refractivity contribution >= 4 is 29.2 Å². The van der Waals surface area contributed by atoms with Crippen LogP contribution in [0.3, 0.4) is 0 Å². The number of benzene rings is 1. The van der Waals surface area contributed by atoms with Gasteiger partial charge in [0.05, 0.1) is 11.2 Å². The van der Waals surface area contributed by atoms with Crippen LogP contribution in [0.4, 0.5) is 10.2 Å². The van der Waals surface area contributed by atoms with E-state index in [1.807, 2.05) is 24.8 Å². The van der Waals surface area contributed by atoms with Gasteiger partial charge in [-0.25, -0.2) is 9.37 Å². The average molecular weight is 508 g/mol. The minimum atomic E-state index is -0.407. The first kappa shape index (κ1) is 25.4. The van der Waals surface area contributed by atoms with Crippen LogP contribution in [0.25, 0.3) is 0 Å². The molecule has 1 N–H and O–H groups in total. The number of pyridine rings is 1. The van der Waals surface area contributed by atoms with Gasteiger partial charge in [0.15, 0.2) is 0 Å². The van der Waals surface area contributed by atoms with E-state index in [9.17, 15) is 14.0 Å². The third kappa shape index (κ3) is 6.10. The second-order valence-electron chi connectivity index (χ2n) is 8.83. The molecule has 3 aromatic rings. The van der Waals surface area contributed by atoms with Crippen molar-refractivity contribution in [2.24, 2.45) is 5.92 Å². The van der Waals surface area contributed by atoms with Crippen molar-refractivity contribution in [3.8, 4) is 11.8 Å². The number of likely N-dealkylation sites (tertiary alicyclic amines) is 1. The summed E-state index contributed by atoms with van der Waals surface area (Å²) in [4.78, 5) is 31.5. The van der Waals surface area contributed by atoms with Gasteiger partial charge in [0.2, 0.25) is 5.91 Å². The highest BCUT2D eigenvalue weighted by Gasteiger charge is 2.26. The normalized spacial score (nSPS) is 15.2. The number of hydrogen-bond acceptors (Lipinski definition) is 4. The minimum absolute atomic E-state index is 0.142. The van der Waals surface area contributed by atoms with Crippen molar-refractivity contribution in [3.05, 3.63) is 75.9 Å². The van der Waals surface area contributed by atoms with Crippen LogP contribution in [0.2, 0.25) is 5.02 Å². The molecule has 36 heavy (non-hydrogen) atoms. The monoisotopic (exact) mass is 507 g/mol. The lowest BCUT2D eigenvalue weighted by Crippen LogP contribution is -2.41. The number of aromatic nitrogens is 3. The molecule has 0 aliphatic carbocycles. The molecule has 1 fully saturated rings. The lowest BCUT2D eigenvalue weighted by atomic mass is 9.97. The molecule has 9 heteroatoms. The lowest BCUT2D eigenvalue weighted by molar-refractivity contribution is -0.132. The predicted octanol–water partition coefficient (Wildman–Crippen LogP) is 4.68. The lowest BCUT2D eigenvalue weighted by Gasteiger charge is -2.32. The molecular formula is C27H27ClFN5O2. The van der Waals surface area contributed by atoms with Crippen LogP contribution >= 0.6 is 11.6 Å². The molecule has 0 bridgehead atoms. The van der Waals surface area contributed by atoms with Crippen molar-refractivity contribution in [3.63, 3.8) is 0 Å². The zero-order chi connectivity index (χ0) is 25.7. The Morgan fingerprint density at radius 1 is 1.19 bits per heavy atom. The van der Waals surface area contributed by atoms with Crippen LogP contribution in [0.5, 0.6) is 0 Å². The van der Waals surface area contributed by atoms with Crippen molar-refractivity contribution in [1.82, 2.24) is 19.7 Å². The second kappa shape index (κ2) is 11.4. The number of halogens is 2. The maximum Gasteiger partial charge on any atom is 0.276 e. The van der Waals surface area contributed by atoms with Crippen molar-refractivity contribution < 1.29 is 14.0 Å². The first-order valence-corrected chi connectivity index (χ1v) is 12.3. The first-order chi connectivity index (χ1) is 17.3. The number of aryl methyl sites for hydroxylation is 1. The maximum atomic E-state index is 13.1. The van der Waals surface area contributed by atoms with E-state index in [0.29, 0.717) is 36.5 Å². The molecule has 1 aliphatic rings. The van der Waals surface area contributed by atoms with Crippen LogP contribution in [0.1, 0.15) is 53.4 Å². The summed E-state index contributed by atoms with van der Waals surface area (Å²) in [5.74, 6) is 5.97. The molecule has 0 radical (unpaired) electrons. The summed E-state index contributed by atoms with van der Waals surface area (Å²) in [6.07, 6.45) is 5.39. The largest absolute Gasteiger partial charge is 0.342 e. The molecule has 3 heterocycles. The Balaban J connectivity index is 1.45. The van der Waals surface area contributed by atoms with Crippen LogP contribution in [0.15, 0.2) is 42.7 Å². The fourth-order valence-corrected chi connectivity index (χ4v) is 4.48. The molecule has 7 nitrogen and oxygen atoms in total. The zero-order valence-electron chi connectivity index (χ0n) is 20.2. The van der Waals surface area contributed by atoms with Gasteiger partial charge < -0.3 is 10.2 Å². The van der Waals surface area contributed by atoms with E-state index < -0.39 is 5.91 Å². The molecule has 1 aliphatic heterocycles. The van der Waals surface area contributed by atoms with E-state index in [1.54, 1.807) is 23.0 Å². The van der Waals surface area contributed by atoms with E-state index in [2.05, 4.69) is 27.2 Å². The van der Waals surface area contributed by atoms with E-state index in [1.165, 1.54) is 18.3 Å². The molecule has 2 aromatic heterocycles. The molecule has 0 spiro atoms. The fourth-order valence-electron chi connectivity index (χ4n) is 4.25. The molecule has 1 aromatic carbocycles. The van der Waals surface area contributed by atoms with Gasteiger partial charge in [-0.05, 0) is 61.6 Å². The molecular weight excluding hydrogens is 481 g/mol. The van der Waals surface area contributed by atoms with Gasteiger partial charge in [0.25, 0.3) is 5.91 Å². The van der Waals surface area contributed by atoms with E-state index in [-0.39, 0.29) is 28.4 Å². The highest BCUT2D eigenvalue weighted by atomic mass is 35.5. The fraction of sp³-hybridized carbons (Fsp3) is 0.333. The Morgan fingerprint density at radius 3 is 2.67 bits per heavy atom. The minimum Gasteiger partial charge on any atom is -0.342 e. The number of rotatable bonds is 5. The number of anilines is 1. The van der Waals surface area contributed by atoms with Gasteiger partial charge in [0, 0.05) is 43.4 Å². The van der Waals surface area contributed by atoms with Gasteiger partial charge in [-0.2, -0.15) is 5.10 Å². The van der Waals surface area contributed by atoms with E-state index >= 15 is 0 Å². The van der Waals surface area contributed by atoms with Gasteiger partial charge >= 0.3 is 0 Å². The number of nitrogens with one attached hydrogen (secondary N) is 1. The van der Waals surface area contributed by atoms with Gasteiger partial charge in [-0.3, -0.25) is 14.3 Å². The molecule has 1 unspecified atom stereocenters. The summed E-state index contributed by atoms with van der Waals surface area (Å²) in [5, 5.41) is 7.39. The highest BCUT2D eigenvalue weighted by Crippen LogP contribution is 2.23. The summed E-state index contributed by atoms with van der Waals surface area (Å²) in [5.41, 5.74) is 2.35. The molecule has 0 saturated carbocycles. The maximum absolute atomic E-state index is 13.1. The van der Waals surface area contributed by atoms with Crippen molar-refractivity contribution in [2.75, 3.05) is 18.4 Å². The predicted molar refractivity (Wildman–Crippen MR) is 136 cm³/mol. The summed E-state index contributed by atoms with van der Waals surface area (Å²) in [6.45, 7) is 5.60. The number of amides is 2. The third-order valence-electron chi connectivity index (χ3n) is 6.12. The Hall–Kier alpha value is -3.70. The Bertz CT molecular complexity index is 1330. The quantitative estimate of drug-likeness (QED) is 0.508. The van der Waals surface area contributed by atoms with Crippen molar-refractivity contribution in [1.29, 1.82) is 0 Å². The Kier molecular flexibility index (Phi) is 8.01. The van der Waals surface area contributed by atoms with Crippen molar-refractivity contribution in [2.45, 2.75) is 39.7 Å². The summed E-state index contributed by atoms with van der Waals surface area (Å²) in [7, 11) is 0. The Morgan fingerprint density at radius 2 is 1.94 bits per heavy atom. The SMILES string of the molecule is CCC(=O)N1CCCC(Cn2ncc(Cl)c2C(=O)Nc2ncc(C#Cc3ccc(F)cc3)cc2C)C1. The number of nitrogens with zero attached hydrogens (tertiary/aromatic N) is 4. The summed E-state index contributed by atoms with van der Waals surface area (Å²) < 4.78 is 14.7. The number of carbonyl (C=O) groups excluding carboxylic acids is 2. The smallest absolute Gasteiger partial charge is 0.276 e.